The van der Waals surface area contributed by atoms with Crippen LogP contribution in [0, 0.1) is 0 Å². The van der Waals surface area contributed by atoms with Crippen LogP contribution in [0.3, 0.4) is 0 Å². The van der Waals surface area contributed by atoms with E-state index in [-0.39, 0.29) is 19.2 Å². The molecule has 0 aliphatic heterocycles. The van der Waals surface area contributed by atoms with E-state index in [1.54, 1.807) is 0 Å². The van der Waals surface area contributed by atoms with Gasteiger partial charge in [0.05, 0.1) is 27.7 Å². The Bertz CT molecular complexity index is 632. The maximum Gasteiger partial charge on any atom is 0.472 e. The molecule has 206 valence electrons. The SMILES string of the molecule is CCCCC/C=C/C/C=C/CCCCCCCC(=O)OC[C@@H](O)COP(=O)(O)OCC[N+](C)(C)C. The first kappa shape index (κ1) is 34.0. The highest BCUT2D eigenvalue weighted by Crippen LogP contribution is 2.43. The highest BCUT2D eigenvalue weighted by atomic mass is 31.2. The first-order valence-electron chi connectivity index (χ1n) is 13.1. The maximum atomic E-state index is 11.8. The molecule has 35 heavy (non-hydrogen) atoms. The molecule has 0 aromatic rings. The average molecular weight is 521 g/mol. The minimum Gasteiger partial charge on any atom is -0.463 e. The standard InChI is InChI=1S/C26H50NO7P/c1-5-6-7-8-9-10-11-12-13-14-15-16-17-18-19-20-26(29)32-23-25(28)24-34-35(30,31)33-22-21-27(2,3)4/h9-10,12-13,25,28H,5-8,11,14-24H2,1-4H3/p+1/b10-9+,13-12+/t25-/m1/s1. The van der Waals surface area contributed by atoms with Gasteiger partial charge in [-0.05, 0) is 38.5 Å². The number of esters is 1. The Morgan fingerprint density at radius 3 is 2.11 bits per heavy atom. The van der Waals surface area contributed by atoms with Crippen molar-refractivity contribution < 1.29 is 37.6 Å². The molecule has 0 aliphatic rings. The fourth-order valence-corrected chi connectivity index (χ4v) is 3.79. The number of carbonyl (C=O) groups is 1. The summed E-state index contributed by atoms with van der Waals surface area (Å²) in [5, 5.41) is 9.82. The molecule has 0 amide bonds. The van der Waals surface area contributed by atoms with E-state index in [1.165, 1.54) is 25.7 Å². The number of aliphatic hydroxyl groups is 1. The molecule has 0 aromatic heterocycles. The van der Waals surface area contributed by atoms with Crippen LogP contribution in [0.4, 0.5) is 0 Å². The smallest absolute Gasteiger partial charge is 0.463 e. The number of nitrogens with zero attached hydrogens (tertiary/aromatic N) is 1. The third-order valence-corrected chi connectivity index (χ3v) is 6.20. The van der Waals surface area contributed by atoms with Crippen LogP contribution in [0.2, 0.25) is 0 Å². The second-order valence-electron chi connectivity index (χ2n) is 9.93. The lowest BCUT2D eigenvalue weighted by Crippen LogP contribution is -2.37. The molecule has 2 N–H and O–H groups in total. The van der Waals surface area contributed by atoms with Crippen molar-refractivity contribution in [1.82, 2.24) is 0 Å². The summed E-state index contributed by atoms with van der Waals surface area (Å²) in [4.78, 5) is 21.4. The number of unbranched alkanes of at least 4 members (excludes halogenated alkanes) is 8. The number of likely N-dealkylation sites (N-methyl/N-ethyl adjacent to an activating group) is 1. The minimum absolute atomic E-state index is 0.0515. The molecule has 0 spiro atoms. The molecule has 0 saturated heterocycles. The van der Waals surface area contributed by atoms with Crippen LogP contribution >= 0.6 is 7.82 Å². The van der Waals surface area contributed by atoms with Crippen LogP contribution in [0.25, 0.3) is 0 Å². The molecule has 0 radical (unpaired) electrons. The zero-order valence-corrected chi connectivity index (χ0v) is 23.4. The Morgan fingerprint density at radius 2 is 1.49 bits per heavy atom. The Hall–Kier alpha value is -1.02. The van der Waals surface area contributed by atoms with Gasteiger partial charge in [-0.25, -0.2) is 4.57 Å². The highest BCUT2D eigenvalue weighted by molar-refractivity contribution is 7.47. The summed E-state index contributed by atoms with van der Waals surface area (Å²) in [6.07, 6.45) is 20.3. The summed E-state index contributed by atoms with van der Waals surface area (Å²) in [5.41, 5.74) is 0. The van der Waals surface area contributed by atoms with Gasteiger partial charge in [0.25, 0.3) is 0 Å². The van der Waals surface area contributed by atoms with Crippen molar-refractivity contribution >= 4 is 13.8 Å². The van der Waals surface area contributed by atoms with Crippen molar-refractivity contribution in [2.75, 3.05) is 47.5 Å². The van der Waals surface area contributed by atoms with Gasteiger partial charge in [0.2, 0.25) is 0 Å². The molecule has 8 nitrogen and oxygen atoms in total. The van der Waals surface area contributed by atoms with Crippen LogP contribution in [-0.2, 0) is 23.1 Å². The summed E-state index contributed by atoms with van der Waals surface area (Å²) in [7, 11) is 1.55. The largest absolute Gasteiger partial charge is 0.472 e. The van der Waals surface area contributed by atoms with Gasteiger partial charge < -0.3 is 19.2 Å². The van der Waals surface area contributed by atoms with E-state index in [9.17, 15) is 19.4 Å². The molecule has 1 unspecified atom stereocenters. The molecule has 0 saturated carbocycles. The van der Waals surface area contributed by atoms with Gasteiger partial charge in [0.15, 0.2) is 0 Å². The van der Waals surface area contributed by atoms with Gasteiger partial charge >= 0.3 is 13.8 Å². The van der Waals surface area contributed by atoms with Crippen molar-refractivity contribution in [2.24, 2.45) is 0 Å². The quantitative estimate of drug-likeness (QED) is 0.0599. The Morgan fingerprint density at radius 1 is 0.886 bits per heavy atom. The molecule has 0 fully saturated rings. The minimum atomic E-state index is -4.24. The maximum absolute atomic E-state index is 11.8. The summed E-state index contributed by atoms with van der Waals surface area (Å²) in [5.74, 6) is -0.388. The van der Waals surface area contributed by atoms with Gasteiger partial charge in [-0.1, -0.05) is 63.3 Å². The molecule has 0 aliphatic carbocycles. The number of ether oxygens (including phenoxy) is 1. The Kier molecular flexibility index (Phi) is 20.5. The molecular formula is C26H51NO7P+. The number of quaternary nitrogens is 1. The van der Waals surface area contributed by atoms with Crippen LogP contribution < -0.4 is 0 Å². The van der Waals surface area contributed by atoms with E-state index in [0.717, 1.165) is 44.9 Å². The van der Waals surface area contributed by atoms with Crippen molar-refractivity contribution in [3.8, 4) is 0 Å². The van der Waals surface area contributed by atoms with Crippen molar-refractivity contribution in [1.29, 1.82) is 0 Å². The van der Waals surface area contributed by atoms with Crippen molar-refractivity contribution in [3.05, 3.63) is 24.3 Å². The number of rotatable bonds is 23. The second-order valence-corrected chi connectivity index (χ2v) is 11.4. The van der Waals surface area contributed by atoms with E-state index in [0.29, 0.717) is 17.4 Å². The normalized spacial score (nSPS) is 15.0. The van der Waals surface area contributed by atoms with Crippen LogP contribution in [-0.4, -0.2) is 74.1 Å². The van der Waals surface area contributed by atoms with E-state index in [4.69, 9.17) is 13.8 Å². The molecule has 0 heterocycles. The number of carbonyl (C=O) groups excluding carboxylic acids is 1. The Labute approximate surface area is 213 Å². The van der Waals surface area contributed by atoms with Crippen molar-refractivity contribution in [3.63, 3.8) is 0 Å². The number of aliphatic hydroxyl groups excluding tert-OH is 1. The topological polar surface area (TPSA) is 102 Å². The van der Waals surface area contributed by atoms with E-state index >= 15 is 0 Å². The monoisotopic (exact) mass is 520 g/mol. The van der Waals surface area contributed by atoms with Crippen LogP contribution in [0.5, 0.6) is 0 Å². The lowest BCUT2D eigenvalue weighted by Gasteiger charge is -2.24. The van der Waals surface area contributed by atoms with Gasteiger partial charge in [-0.3, -0.25) is 13.8 Å². The lowest BCUT2D eigenvalue weighted by molar-refractivity contribution is -0.870. The number of hydrogen-bond donors (Lipinski definition) is 2. The first-order chi connectivity index (χ1) is 16.6. The Balaban J connectivity index is 3.64. The number of phosphoric ester groups is 1. The second kappa shape index (κ2) is 21.1. The summed E-state index contributed by atoms with van der Waals surface area (Å²) in [6.45, 7) is 2.07. The highest BCUT2D eigenvalue weighted by Gasteiger charge is 2.24. The van der Waals surface area contributed by atoms with E-state index in [1.807, 2.05) is 21.1 Å². The molecule has 0 aromatic carbocycles. The molecule has 0 bridgehead atoms. The van der Waals surface area contributed by atoms with Gasteiger partial charge in [0, 0.05) is 6.42 Å². The lowest BCUT2D eigenvalue weighted by atomic mass is 10.1. The zero-order valence-electron chi connectivity index (χ0n) is 22.5. The zero-order chi connectivity index (χ0) is 26.4. The number of hydrogen-bond acceptors (Lipinski definition) is 6. The molecule has 0 rings (SSSR count). The molecular weight excluding hydrogens is 469 g/mol. The van der Waals surface area contributed by atoms with E-state index in [2.05, 4.69) is 31.2 Å². The fourth-order valence-electron chi connectivity index (χ4n) is 3.04. The van der Waals surface area contributed by atoms with Crippen molar-refractivity contribution in [2.45, 2.75) is 90.1 Å². The average Bonchev–Trinajstić information content (AvgIpc) is 2.78. The number of allylic oxidation sites excluding steroid dienone is 4. The third-order valence-electron chi connectivity index (χ3n) is 5.21. The van der Waals surface area contributed by atoms with Gasteiger partial charge in [-0.2, -0.15) is 0 Å². The van der Waals surface area contributed by atoms with Gasteiger partial charge in [0.1, 0.15) is 25.9 Å². The number of phosphoric acid groups is 1. The summed E-state index contributed by atoms with van der Waals surface area (Å²) < 4.78 is 27.0. The fraction of sp³-hybridized carbons (Fsp3) is 0.808. The van der Waals surface area contributed by atoms with Crippen LogP contribution in [0.15, 0.2) is 24.3 Å². The van der Waals surface area contributed by atoms with E-state index < -0.39 is 20.5 Å². The summed E-state index contributed by atoms with van der Waals surface area (Å²) >= 11 is 0. The predicted octanol–water partition coefficient (Wildman–Crippen LogP) is 5.54. The predicted molar refractivity (Wildman–Crippen MR) is 141 cm³/mol. The van der Waals surface area contributed by atoms with Gasteiger partial charge in [-0.15, -0.1) is 0 Å². The van der Waals surface area contributed by atoms with Crippen LogP contribution in [0.1, 0.15) is 84.0 Å². The molecule has 9 heteroatoms. The first-order valence-corrected chi connectivity index (χ1v) is 14.6. The third kappa shape index (κ3) is 25.9. The summed E-state index contributed by atoms with van der Waals surface area (Å²) in [6, 6.07) is 0. The molecule has 2 atom stereocenters.